The summed E-state index contributed by atoms with van der Waals surface area (Å²) in [5, 5.41) is 8.76. The predicted octanol–water partition coefficient (Wildman–Crippen LogP) is 1.54. The standard InChI is InChI=1S/C15H26N4O/c1-15(2,3)13-5-6-14(17-16-13)19-9-7-18(8-10-19)11-12-20-4/h5-6H,7-12H2,1-4H3. The molecule has 5 heteroatoms. The molecule has 0 radical (unpaired) electrons. The average Bonchev–Trinajstić information content (AvgIpc) is 2.45. The second-order valence-corrected chi connectivity index (χ2v) is 6.35. The van der Waals surface area contributed by atoms with E-state index in [2.05, 4.69) is 52.9 Å². The van der Waals surface area contributed by atoms with Crippen molar-refractivity contribution in [3.8, 4) is 0 Å². The van der Waals surface area contributed by atoms with Crippen LogP contribution in [0.2, 0.25) is 0 Å². The van der Waals surface area contributed by atoms with E-state index < -0.39 is 0 Å². The van der Waals surface area contributed by atoms with E-state index in [1.807, 2.05) is 0 Å². The minimum atomic E-state index is 0.0599. The molecule has 1 aliphatic heterocycles. The van der Waals surface area contributed by atoms with Crippen molar-refractivity contribution in [3.63, 3.8) is 0 Å². The van der Waals surface area contributed by atoms with Crippen molar-refractivity contribution in [3.05, 3.63) is 17.8 Å². The molecule has 1 aromatic rings. The molecule has 2 heterocycles. The van der Waals surface area contributed by atoms with Gasteiger partial charge in [0.15, 0.2) is 5.82 Å². The van der Waals surface area contributed by atoms with Crippen molar-refractivity contribution in [2.45, 2.75) is 26.2 Å². The van der Waals surface area contributed by atoms with Crippen molar-refractivity contribution in [1.29, 1.82) is 0 Å². The number of anilines is 1. The van der Waals surface area contributed by atoms with Crippen molar-refractivity contribution in [2.24, 2.45) is 0 Å². The molecule has 0 N–H and O–H groups in total. The molecule has 1 aliphatic rings. The van der Waals surface area contributed by atoms with Crippen molar-refractivity contribution in [1.82, 2.24) is 15.1 Å². The Labute approximate surface area is 121 Å². The van der Waals surface area contributed by atoms with Crippen LogP contribution in [0.5, 0.6) is 0 Å². The molecule has 20 heavy (non-hydrogen) atoms. The molecular weight excluding hydrogens is 252 g/mol. The van der Waals surface area contributed by atoms with Gasteiger partial charge in [0.1, 0.15) is 0 Å². The minimum absolute atomic E-state index is 0.0599. The molecule has 1 aromatic heterocycles. The van der Waals surface area contributed by atoms with Crippen LogP contribution in [0, 0.1) is 0 Å². The first kappa shape index (κ1) is 15.2. The van der Waals surface area contributed by atoms with Gasteiger partial charge in [-0.1, -0.05) is 20.8 Å². The Hall–Kier alpha value is -1.20. The number of rotatable bonds is 4. The van der Waals surface area contributed by atoms with Gasteiger partial charge >= 0.3 is 0 Å². The van der Waals surface area contributed by atoms with Crippen LogP contribution in [0.3, 0.4) is 0 Å². The zero-order valence-electron chi connectivity index (χ0n) is 13.1. The topological polar surface area (TPSA) is 41.5 Å². The van der Waals surface area contributed by atoms with Crippen molar-refractivity contribution in [2.75, 3.05) is 51.3 Å². The summed E-state index contributed by atoms with van der Waals surface area (Å²) >= 11 is 0. The van der Waals surface area contributed by atoms with Gasteiger partial charge in [-0.3, -0.25) is 4.90 Å². The van der Waals surface area contributed by atoms with Gasteiger partial charge in [-0.15, -0.1) is 5.10 Å². The Kier molecular flexibility index (Phi) is 4.94. The SMILES string of the molecule is COCCN1CCN(c2ccc(C(C)(C)C)nn2)CC1. The molecule has 0 bridgehead atoms. The molecule has 0 amide bonds. The van der Waals surface area contributed by atoms with E-state index >= 15 is 0 Å². The number of nitrogens with zero attached hydrogens (tertiary/aromatic N) is 4. The van der Waals surface area contributed by atoms with Gasteiger partial charge in [-0.2, -0.15) is 5.10 Å². The molecule has 1 fully saturated rings. The normalized spacial score (nSPS) is 17.5. The van der Waals surface area contributed by atoms with Crippen LogP contribution in [0.4, 0.5) is 5.82 Å². The fourth-order valence-electron chi connectivity index (χ4n) is 2.31. The minimum Gasteiger partial charge on any atom is -0.383 e. The Morgan fingerprint density at radius 1 is 1.10 bits per heavy atom. The molecule has 0 saturated carbocycles. The van der Waals surface area contributed by atoms with Gasteiger partial charge in [-0.25, -0.2) is 0 Å². The maximum Gasteiger partial charge on any atom is 0.151 e. The van der Waals surface area contributed by atoms with Crippen LogP contribution in [0.15, 0.2) is 12.1 Å². The first-order valence-corrected chi connectivity index (χ1v) is 7.31. The lowest BCUT2D eigenvalue weighted by Crippen LogP contribution is -2.47. The number of ether oxygens (including phenoxy) is 1. The van der Waals surface area contributed by atoms with Gasteiger partial charge < -0.3 is 9.64 Å². The average molecular weight is 278 g/mol. The molecule has 2 rings (SSSR count). The van der Waals surface area contributed by atoms with Crippen LogP contribution >= 0.6 is 0 Å². The largest absolute Gasteiger partial charge is 0.383 e. The Morgan fingerprint density at radius 2 is 1.80 bits per heavy atom. The highest BCUT2D eigenvalue weighted by atomic mass is 16.5. The number of aromatic nitrogens is 2. The van der Waals surface area contributed by atoms with Crippen LogP contribution < -0.4 is 4.90 Å². The number of piperazine rings is 1. The maximum absolute atomic E-state index is 5.12. The van der Waals surface area contributed by atoms with Gasteiger partial charge in [0, 0.05) is 45.2 Å². The summed E-state index contributed by atoms with van der Waals surface area (Å²) in [6, 6.07) is 4.19. The molecule has 1 saturated heterocycles. The molecule has 0 unspecified atom stereocenters. The third-order valence-electron chi connectivity index (χ3n) is 3.73. The Bertz CT molecular complexity index is 405. The molecule has 0 spiro atoms. The zero-order valence-corrected chi connectivity index (χ0v) is 13.1. The van der Waals surface area contributed by atoms with Gasteiger partial charge in [0.2, 0.25) is 0 Å². The first-order chi connectivity index (χ1) is 9.50. The van der Waals surface area contributed by atoms with Crippen LogP contribution in [0.1, 0.15) is 26.5 Å². The van der Waals surface area contributed by atoms with E-state index in [1.54, 1.807) is 7.11 Å². The molecular formula is C15H26N4O. The Balaban J connectivity index is 1.90. The molecule has 0 aromatic carbocycles. The summed E-state index contributed by atoms with van der Waals surface area (Å²) < 4.78 is 5.12. The van der Waals surface area contributed by atoms with E-state index in [0.717, 1.165) is 50.8 Å². The monoisotopic (exact) mass is 278 g/mol. The van der Waals surface area contributed by atoms with E-state index in [0.29, 0.717) is 0 Å². The third kappa shape index (κ3) is 3.90. The number of methoxy groups -OCH3 is 1. The Morgan fingerprint density at radius 3 is 2.30 bits per heavy atom. The third-order valence-corrected chi connectivity index (χ3v) is 3.73. The van der Waals surface area contributed by atoms with E-state index in [4.69, 9.17) is 4.74 Å². The van der Waals surface area contributed by atoms with Gasteiger partial charge in [-0.05, 0) is 12.1 Å². The van der Waals surface area contributed by atoms with E-state index in [-0.39, 0.29) is 5.41 Å². The summed E-state index contributed by atoms with van der Waals surface area (Å²) in [5.74, 6) is 0.990. The molecule has 0 aliphatic carbocycles. The first-order valence-electron chi connectivity index (χ1n) is 7.31. The second-order valence-electron chi connectivity index (χ2n) is 6.35. The van der Waals surface area contributed by atoms with Gasteiger partial charge in [0.25, 0.3) is 0 Å². The lowest BCUT2D eigenvalue weighted by molar-refractivity contribution is 0.144. The summed E-state index contributed by atoms with van der Waals surface area (Å²) in [6.45, 7) is 12.4. The summed E-state index contributed by atoms with van der Waals surface area (Å²) in [4.78, 5) is 4.74. The fraction of sp³-hybridized carbons (Fsp3) is 0.733. The maximum atomic E-state index is 5.12. The highest BCUT2D eigenvalue weighted by Gasteiger charge is 2.20. The smallest absolute Gasteiger partial charge is 0.151 e. The van der Waals surface area contributed by atoms with E-state index in [1.165, 1.54) is 0 Å². The van der Waals surface area contributed by atoms with Crippen molar-refractivity contribution < 1.29 is 4.74 Å². The van der Waals surface area contributed by atoms with Crippen LogP contribution in [-0.2, 0) is 10.2 Å². The van der Waals surface area contributed by atoms with Crippen LogP contribution in [-0.4, -0.2) is 61.5 Å². The lowest BCUT2D eigenvalue weighted by Gasteiger charge is -2.35. The van der Waals surface area contributed by atoms with Crippen molar-refractivity contribution >= 4 is 5.82 Å². The van der Waals surface area contributed by atoms with Gasteiger partial charge in [0.05, 0.1) is 12.3 Å². The molecule has 0 atom stereocenters. The summed E-state index contributed by atoms with van der Waals surface area (Å²) in [6.07, 6.45) is 0. The predicted molar refractivity (Wildman–Crippen MR) is 81.3 cm³/mol. The summed E-state index contributed by atoms with van der Waals surface area (Å²) in [7, 11) is 1.75. The fourth-order valence-corrected chi connectivity index (χ4v) is 2.31. The van der Waals surface area contributed by atoms with E-state index in [9.17, 15) is 0 Å². The highest BCUT2D eigenvalue weighted by molar-refractivity contribution is 5.38. The quantitative estimate of drug-likeness (QED) is 0.836. The molecule has 5 nitrogen and oxygen atoms in total. The number of hydrogen-bond donors (Lipinski definition) is 0. The lowest BCUT2D eigenvalue weighted by atomic mass is 9.92. The molecule has 112 valence electrons. The highest BCUT2D eigenvalue weighted by Crippen LogP contribution is 2.21. The number of hydrogen-bond acceptors (Lipinski definition) is 5. The summed E-state index contributed by atoms with van der Waals surface area (Å²) in [5.41, 5.74) is 1.10. The van der Waals surface area contributed by atoms with Crippen LogP contribution in [0.25, 0.3) is 0 Å². The zero-order chi connectivity index (χ0) is 14.6. The second kappa shape index (κ2) is 6.50.